The molecule has 0 aromatic carbocycles. The topological polar surface area (TPSA) is 75.7 Å². The minimum absolute atomic E-state index is 0.0238. The van der Waals surface area contributed by atoms with Gasteiger partial charge in [-0.15, -0.1) is 0 Å². The van der Waals surface area contributed by atoms with Crippen LogP contribution in [0.15, 0.2) is 0 Å². The predicted molar refractivity (Wildman–Crippen MR) is 73.8 cm³/mol. The van der Waals surface area contributed by atoms with Gasteiger partial charge in [-0.1, -0.05) is 20.8 Å². The fraction of sp³-hybridized carbons (Fsp3) is 0.786. The lowest BCUT2D eigenvalue weighted by Crippen LogP contribution is -2.48. The smallest absolute Gasteiger partial charge is 0.310 e. The van der Waals surface area contributed by atoms with Gasteiger partial charge in [-0.05, 0) is 12.8 Å². The van der Waals surface area contributed by atoms with E-state index in [0.29, 0.717) is 13.1 Å². The molecule has 1 atom stereocenters. The highest BCUT2D eigenvalue weighted by Gasteiger charge is 2.29. The van der Waals surface area contributed by atoms with E-state index in [1.54, 1.807) is 25.7 Å². The van der Waals surface area contributed by atoms with Gasteiger partial charge < -0.3 is 15.0 Å². The first-order valence-corrected chi connectivity index (χ1v) is 6.89. The number of ether oxygens (including phenoxy) is 1. The normalized spacial score (nSPS) is 19.4. The van der Waals surface area contributed by atoms with Crippen LogP contribution in [-0.2, 0) is 19.1 Å². The van der Waals surface area contributed by atoms with Gasteiger partial charge in [0.2, 0.25) is 11.8 Å². The Balaban J connectivity index is 2.47. The quantitative estimate of drug-likeness (QED) is 0.768. The van der Waals surface area contributed by atoms with E-state index < -0.39 is 5.41 Å². The summed E-state index contributed by atoms with van der Waals surface area (Å²) in [5.74, 6) is -0.846. The number of likely N-dealkylation sites (tertiary alicyclic amines) is 1. The van der Waals surface area contributed by atoms with E-state index in [4.69, 9.17) is 4.74 Å². The van der Waals surface area contributed by atoms with Crippen LogP contribution >= 0.6 is 0 Å². The molecule has 0 spiro atoms. The number of nitrogens with zero attached hydrogens (tertiary/aromatic N) is 1. The van der Waals surface area contributed by atoms with E-state index in [-0.39, 0.29) is 30.2 Å². The standard InChI is InChI=1S/C14H24N2O4/c1-14(2,3)13(19)15-8-11(17)16-7-5-6-10(9-16)12(18)20-4/h10H,5-9H2,1-4H3,(H,15,19)/t10-/m0/s1. The Morgan fingerprint density at radius 1 is 1.30 bits per heavy atom. The Bertz CT molecular complexity index is 387. The molecule has 0 radical (unpaired) electrons. The molecule has 0 unspecified atom stereocenters. The molecule has 0 bridgehead atoms. The van der Waals surface area contributed by atoms with Crippen LogP contribution < -0.4 is 5.32 Å². The first-order chi connectivity index (χ1) is 9.25. The van der Waals surface area contributed by atoms with E-state index >= 15 is 0 Å². The number of rotatable bonds is 3. The molecule has 1 aliphatic rings. The zero-order chi connectivity index (χ0) is 15.3. The van der Waals surface area contributed by atoms with E-state index in [1.807, 2.05) is 0 Å². The van der Waals surface area contributed by atoms with Gasteiger partial charge in [0.25, 0.3) is 0 Å². The highest BCUT2D eigenvalue weighted by molar-refractivity contribution is 5.87. The molecular weight excluding hydrogens is 260 g/mol. The van der Waals surface area contributed by atoms with Crippen LogP contribution in [-0.4, -0.2) is 49.4 Å². The molecule has 1 N–H and O–H groups in total. The van der Waals surface area contributed by atoms with Gasteiger partial charge in [-0.2, -0.15) is 0 Å². The monoisotopic (exact) mass is 284 g/mol. The Labute approximate surface area is 119 Å². The van der Waals surface area contributed by atoms with Crippen molar-refractivity contribution >= 4 is 17.8 Å². The Hall–Kier alpha value is -1.59. The van der Waals surface area contributed by atoms with Crippen LogP contribution in [0.2, 0.25) is 0 Å². The van der Waals surface area contributed by atoms with Crippen molar-refractivity contribution < 1.29 is 19.1 Å². The van der Waals surface area contributed by atoms with Crippen LogP contribution in [0.4, 0.5) is 0 Å². The highest BCUT2D eigenvalue weighted by atomic mass is 16.5. The lowest BCUT2D eigenvalue weighted by Gasteiger charge is -2.31. The average molecular weight is 284 g/mol. The van der Waals surface area contributed by atoms with Gasteiger partial charge in [0, 0.05) is 18.5 Å². The molecule has 6 nitrogen and oxygen atoms in total. The molecule has 0 saturated carbocycles. The molecule has 1 rings (SSSR count). The van der Waals surface area contributed by atoms with Gasteiger partial charge in [-0.25, -0.2) is 0 Å². The first kappa shape index (κ1) is 16.5. The molecule has 0 aromatic rings. The zero-order valence-corrected chi connectivity index (χ0v) is 12.7. The molecule has 1 heterocycles. The second-order valence-corrected chi connectivity index (χ2v) is 6.13. The summed E-state index contributed by atoms with van der Waals surface area (Å²) in [7, 11) is 1.35. The van der Waals surface area contributed by atoms with Crippen molar-refractivity contribution in [3.8, 4) is 0 Å². The van der Waals surface area contributed by atoms with Crippen LogP contribution in [0, 0.1) is 11.3 Å². The molecule has 1 saturated heterocycles. The summed E-state index contributed by atoms with van der Waals surface area (Å²) in [6, 6.07) is 0. The summed E-state index contributed by atoms with van der Waals surface area (Å²) in [5, 5.41) is 2.63. The van der Waals surface area contributed by atoms with Crippen molar-refractivity contribution in [3.63, 3.8) is 0 Å². The van der Waals surface area contributed by atoms with Crippen LogP contribution in [0.25, 0.3) is 0 Å². The number of hydrogen-bond acceptors (Lipinski definition) is 4. The molecule has 2 amide bonds. The van der Waals surface area contributed by atoms with Crippen molar-refractivity contribution in [1.82, 2.24) is 10.2 Å². The number of esters is 1. The first-order valence-electron chi connectivity index (χ1n) is 6.89. The van der Waals surface area contributed by atoms with Crippen LogP contribution in [0.5, 0.6) is 0 Å². The largest absolute Gasteiger partial charge is 0.469 e. The molecule has 20 heavy (non-hydrogen) atoms. The van der Waals surface area contributed by atoms with Gasteiger partial charge in [0.1, 0.15) is 0 Å². The maximum atomic E-state index is 12.0. The SMILES string of the molecule is COC(=O)[C@H]1CCCN(C(=O)CNC(=O)C(C)(C)C)C1. The maximum Gasteiger partial charge on any atom is 0.310 e. The van der Waals surface area contributed by atoms with E-state index in [2.05, 4.69) is 5.32 Å². The third-order valence-electron chi connectivity index (χ3n) is 3.39. The Kier molecular flexibility index (Phi) is 5.53. The lowest BCUT2D eigenvalue weighted by molar-refractivity contribution is -0.149. The minimum Gasteiger partial charge on any atom is -0.469 e. The van der Waals surface area contributed by atoms with Gasteiger partial charge in [-0.3, -0.25) is 14.4 Å². The van der Waals surface area contributed by atoms with Crippen molar-refractivity contribution in [2.45, 2.75) is 33.6 Å². The molecule has 0 aromatic heterocycles. The molecule has 1 fully saturated rings. The number of amides is 2. The molecule has 6 heteroatoms. The minimum atomic E-state index is -0.517. The molecule has 114 valence electrons. The molecule has 1 aliphatic heterocycles. The van der Waals surface area contributed by atoms with Gasteiger partial charge >= 0.3 is 5.97 Å². The Morgan fingerprint density at radius 2 is 1.95 bits per heavy atom. The maximum absolute atomic E-state index is 12.0. The molecule has 0 aliphatic carbocycles. The van der Waals surface area contributed by atoms with E-state index in [9.17, 15) is 14.4 Å². The van der Waals surface area contributed by atoms with E-state index in [1.165, 1.54) is 7.11 Å². The van der Waals surface area contributed by atoms with E-state index in [0.717, 1.165) is 12.8 Å². The number of hydrogen-bond donors (Lipinski definition) is 1. The van der Waals surface area contributed by atoms with Crippen molar-refractivity contribution in [3.05, 3.63) is 0 Å². The van der Waals surface area contributed by atoms with Gasteiger partial charge in [0.15, 0.2) is 0 Å². The summed E-state index contributed by atoms with van der Waals surface area (Å²) >= 11 is 0. The fourth-order valence-corrected chi connectivity index (χ4v) is 2.10. The zero-order valence-electron chi connectivity index (χ0n) is 12.7. The highest BCUT2D eigenvalue weighted by Crippen LogP contribution is 2.18. The summed E-state index contributed by atoms with van der Waals surface area (Å²) in [6.07, 6.45) is 1.52. The number of carbonyl (C=O) groups is 3. The van der Waals surface area contributed by atoms with Crippen molar-refractivity contribution in [2.75, 3.05) is 26.7 Å². The van der Waals surface area contributed by atoms with Crippen molar-refractivity contribution in [2.24, 2.45) is 11.3 Å². The number of nitrogens with one attached hydrogen (secondary N) is 1. The third kappa shape index (κ3) is 4.51. The van der Waals surface area contributed by atoms with Crippen LogP contribution in [0.3, 0.4) is 0 Å². The predicted octanol–water partition coefficient (Wildman–Crippen LogP) is 0.560. The summed E-state index contributed by atoms with van der Waals surface area (Å²) < 4.78 is 4.71. The number of piperidine rings is 1. The van der Waals surface area contributed by atoms with Crippen molar-refractivity contribution in [1.29, 1.82) is 0 Å². The second kappa shape index (κ2) is 6.72. The summed E-state index contributed by atoms with van der Waals surface area (Å²) in [6.45, 7) is 6.35. The average Bonchev–Trinajstić information content (AvgIpc) is 2.42. The van der Waals surface area contributed by atoms with Crippen LogP contribution in [0.1, 0.15) is 33.6 Å². The Morgan fingerprint density at radius 3 is 2.50 bits per heavy atom. The fourth-order valence-electron chi connectivity index (χ4n) is 2.10. The van der Waals surface area contributed by atoms with Gasteiger partial charge in [0.05, 0.1) is 19.6 Å². The third-order valence-corrected chi connectivity index (χ3v) is 3.39. The molecular formula is C14H24N2O4. The second-order valence-electron chi connectivity index (χ2n) is 6.13. The number of carbonyl (C=O) groups excluding carboxylic acids is 3. The lowest BCUT2D eigenvalue weighted by atomic mass is 9.95. The summed E-state index contributed by atoms with van der Waals surface area (Å²) in [5.41, 5.74) is -0.517. The summed E-state index contributed by atoms with van der Waals surface area (Å²) in [4.78, 5) is 36.9. The number of methoxy groups -OCH3 is 1.